The number of nitrogens with two attached hydrogens (primary N) is 1. The van der Waals surface area contributed by atoms with Gasteiger partial charge in [-0.25, -0.2) is 4.90 Å². The third-order valence-electron chi connectivity index (χ3n) is 3.84. The van der Waals surface area contributed by atoms with E-state index in [0.717, 1.165) is 11.1 Å². The fourth-order valence-electron chi connectivity index (χ4n) is 2.70. The molecule has 1 aromatic rings. The van der Waals surface area contributed by atoms with Gasteiger partial charge in [-0.2, -0.15) is 0 Å². The van der Waals surface area contributed by atoms with Crippen LogP contribution in [0, 0.1) is 13.8 Å². The fourth-order valence-corrected chi connectivity index (χ4v) is 2.70. The van der Waals surface area contributed by atoms with Crippen molar-refractivity contribution in [3.8, 4) is 0 Å². The van der Waals surface area contributed by atoms with E-state index >= 15 is 0 Å². The summed E-state index contributed by atoms with van der Waals surface area (Å²) in [5.41, 5.74) is 8.82. The number of rotatable bonds is 1. The van der Waals surface area contributed by atoms with E-state index in [1.165, 1.54) is 4.90 Å². The van der Waals surface area contributed by atoms with Crippen molar-refractivity contribution in [2.45, 2.75) is 38.9 Å². The maximum Gasteiger partial charge on any atom is 0.262 e. The Bertz CT molecular complexity index is 560. The lowest BCUT2D eigenvalue weighted by atomic mass is 10.1. The van der Waals surface area contributed by atoms with Crippen LogP contribution in [0.25, 0.3) is 0 Å². The first-order valence-corrected chi connectivity index (χ1v) is 6.39. The van der Waals surface area contributed by atoms with Gasteiger partial charge in [0.15, 0.2) is 0 Å². The van der Waals surface area contributed by atoms with E-state index in [1.807, 2.05) is 13.8 Å². The molecule has 0 aliphatic carbocycles. The molecule has 2 amide bonds. The van der Waals surface area contributed by atoms with E-state index in [-0.39, 0.29) is 11.8 Å². The Labute approximate surface area is 111 Å². The molecule has 0 aromatic heterocycles. The number of morpholine rings is 1. The van der Waals surface area contributed by atoms with E-state index in [1.54, 1.807) is 12.1 Å². The van der Waals surface area contributed by atoms with Crippen LogP contribution in [0.5, 0.6) is 0 Å². The molecular formula is C14H16N2O3. The van der Waals surface area contributed by atoms with E-state index < -0.39 is 12.2 Å². The van der Waals surface area contributed by atoms with Gasteiger partial charge in [0, 0.05) is 5.69 Å². The highest BCUT2D eigenvalue weighted by Gasteiger charge is 2.47. The SMILES string of the molecule is Cc1cc(N2C(=O)C3CCC(O3)C2=O)c(C)cc1N. The van der Waals surface area contributed by atoms with Crippen LogP contribution in [-0.2, 0) is 14.3 Å². The molecule has 0 radical (unpaired) electrons. The van der Waals surface area contributed by atoms with Crippen LogP contribution in [0.3, 0.4) is 0 Å². The van der Waals surface area contributed by atoms with Gasteiger partial charge < -0.3 is 10.5 Å². The molecule has 0 saturated carbocycles. The molecule has 2 atom stereocenters. The Kier molecular flexibility index (Phi) is 2.60. The van der Waals surface area contributed by atoms with Gasteiger partial charge in [0.1, 0.15) is 12.2 Å². The number of nitrogens with zero attached hydrogens (tertiary/aromatic N) is 1. The molecule has 3 rings (SSSR count). The molecule has 100 valence electrons. The number of carbonyl (C=O) groups excluding carboxylic acids is 2. The van der Waals surface area contributed by atoms with Crippen molar-refractivity contribution in [2.24, 2.45) is 0 Å². The number of imide groups is 1. The third-order valence-corrected chi connectivity index (χ3v) is 3.84. The molecule has 2 aliphatic heterocycles. The topological polar surface area (TPSA) is 72.6 Å². The number of ether oxygens (including phenoxy) is 1. The van der Waals surface area contributed by atoms with Gasteiger partial charge in [0.25, 0.3) is 11.8 Å². The van der Waals surface area contributed by atoms with Crippen LogP contribution in [-0.4, -0.2) is 24.0 Å². The van der Waals surface area contributed by atoms with Crippen molar-refractivity contribution >= 4 is 23.2 Å². The average molecular weight is 260 g/mol. The van der Waals surface area contributed by atoms with Crippen molar-refractivity contribution in [3.63, 3.8) is 0 Å². The minimum Gasteiger partial charge on any atom is -0.399 e. The van der Waals surface area contributed by atoms with Gasteiger partial charge in [-0.15, -0.1) is 0 Å². The minimum atomic E-state index is -0.472. The van der Waals surface area contributed by atoms with Crippen LogP contribution in [0.4, 0.5) is 11.4 Å². The molecule has 2 saturated heterocycles. The molecule has 5 nitrogen and oxygen atoms in total. The standard InChI is InChI=1S/C14H16N2O3/c1-7-6-10(8(2)5-9(7)15)16-13(17)11-3-4-12(19-11)14(16)18/h5-6,11-12H,3-4,15H2,1-2H3. The third kappa shape index (κ3) is 1.73. The van der Waals surface area contributed by atoms with Crippen molar-refractivity contribution in [3.05, 3.63) is 23.3 Å². The van der Waals surface area contributed by atoms with E-state index in [4.69, 9.17) is 10.5 Å². The van der Waals surface area contributed by atoms with Gasteiger partial charge >= 0.3 is 0 Å². The summed E-state index contributed by atoms with van der Waals surface area (Å²) in [7, 11) is 0. The average Bonchev–Trinajstić information content (AvgIpc) is 2.80. The molecule has 5 heteroatoms. The minimum absolute atomic E-state index is 0.258. The summed E-state index contributed by atoms with van der Waals surface area (Å²) < 4.78 is 5.40. The highest BCUT2D eigenvalue weighted by molar-refractivity contribution is 6.20. The molecule has 2 fully saturated rings. The van der Waals surface area contributed by atoms with Crippen molar-refractivity contribution in [2.75, 3.05) is 10.6 Å². The van der Waals surface area contributed by atoms with Crippen LogP contribution in [0.2, 0.25) is 0 Å². The van der Waals surface area contributed by atoms with Crippen molar-refractivity contribution in [1.29, 1.82) is 0 Å². The number of fused-ring (bicyclic) bond motifs is 2. The number of amides is 2. The summed E-state index contributed by atoms with van der Waals surface area (Å²) in [6, 6.07) is 3.59. The fraction of sp³-hybridized carbons (Fsp3) is 0.429. The lowest BCUT2D eigenvalue weighted by Crippen LogP contribution is -2.52. The molecule has 2 bridgehead atoms. The van der Waals surface area contributed by atoms with Gasteiger partial charge in [-0.1, -0.05) is 0 Å². The predicted octanol–water partition coefficient (Wildman–Crippen LogP) is 1.31. The number of hydrogen-bond acceptors (Lipinski definition) is 4. The number of carbonyl (C=O) groups is 2. The number of nitrogen functional groups attached to an aromatic ring is 1. The van der Waals surface area contributed by atoms with Crippen LogP contribution < -0.4 is 10.6 Å². The normalized spacial score (nSPS) is 26.1. The molecule has 19 heavy (non-hydrogen) atoms. The molecule has 2 unspecified atom stereocenters. The highest BCUT2D eigenvalue weighted by Crippen LogP contribution is 2.34. The van der Waals surface area contributed by atoms with Crippen molar-refractivity contribution in [1.82, 2.24) is 0 Å². The smallest absolute Gasteiger partial charge is 0.262 e. The first-order valence-electron chi connectivity index (χ1n) is 6.39. The Balaban J connectivity index is 2.08. The second-order valence-electron chi connectivity index (χ2n) is 5.20. The van der Waals surface area contributed by atoms with E-state index in [0.29, 0.717) is 24.2 Å². The van der Waals surface area contributed by atoms with Crippen molar-refractivity contribution < 1.29 is 14.3 Å². The lowest BCUT2D eigenvalue weighted by Gasteiger charge is -2.31. The molecule has 1 aromatic carbocycles. The Morgan fingerprint density at radius 1 is 1.11 bits per heavy atom. The number of anilines is 2. The van der Waals surface area contributed by atoms with Gasteiger partial charge in [0.05, 0.1) is 5.69 Å². The first kappa shape index (κ1) is 12.2. The van der Waals surface area contributed by atoms with E-state index in [9.17, 15) is 9.59 Å². The summed E-state index contributed by atoms with van der Waals surface area (Å²) in [5, 5.41) is 0. The van der Waals surface area contributed by atoms with Crippen LogP contribution in [0.1, 0.15) is 24.0 Å². The second kappa shape index (κ2) is 4.06. The Hall–Kier alpha value is -1.88. The maximum absolute atomic E-state index is 12.3. The first-order chi connectivity index (χ1) is 8.99. The molecule has 2 heterocycles. The molecular weight excluding hydrogens is 244 g/mol. The predicted molar refractivity (Wildman–Crippen MR) is 70.7 cm³/mol. The zero-order valence-electron chi connectivity index (χ0n) is 11.0. The van der Waals surface area contributed by atoms with Crippen LogP contribution >= 0.6 is 0 Å². The monoisotopic (exact) mass is 260 g/mol. The number of hydrogen-bond donors (Lipinski definition) is 1. The Morgan fingerprint density at radius 2 is 1.68 bits per heavy atom. The zero-order valence-corrected chi connectivity index (χ0v) is 11.0. The summed E-state index contributed by atoms with van der Waals surface area (Å²) in [4.78, 5) is 25.9. The largest absolute Gasteiger partial charge is 0.399 e. The second-order valence-corrected chi connectivity index (χ2v) is 5.20. The van der Waals surface area contributed by atoms with Gasteiger partial charge in [0.2, 0.25) is 0 Å². The zero-order chi connectivity index (χ0) is 13.7. The van der Waals surface area contributed by atoms with E-state index in [2.05, 4.69) is 0 Å². The number of aryl methyl sites for hydroxylation is 2. The van der Waals surface area contributed by atoms with Gasteiger partial charge in [-0.3, -0.25) is 9.59 Å². The van der Waals surface area contributed by atoms with Gasteiger partial charge in [-0.05, 0) is 49.9 Å². The summed E-state index contributed by atoms with van der Waals surface area (Å²) in [5.74, 6) is -0.517. The highest BCUT2D eigenvalue weighted by atomic mass is 16.5. The maximum atomic E-state index is 12.3. The molecule has 0 spiro atoms. The Morgan fingerprint density at radius 3 is 2.26 bits per heavy atom. The summed E-state index contributed by atoms with van der Waals surface area (Å²) >= 11 is 0. The molecule has 2 aliphatic rings. The lowest BCUT2D eigenvalue weighted by molar-refractivity contribution is -0.146. The quantitative estimate of drug-likeness (QED) is 0.610. The summed E-state index contributed by atoms with van der Waals surface area (Å²) in [6.07, 6.45) is 0.303. The van der Waals surface area contributed by atoms with Crippen LogP contribution in [0.15, 0.2) is 12.1 Å². The summed E-state index contributed by atoms with van der Waals surface area (Å²) in [6.45, 7) is 3.71. The number of benzene rings is 1. The molecule has 2 N–H and O–H groups in total.